The van der Waals surface area contributed by atoms with Crippen molar-refractivity contribution in [2.75, 3.05) is 44.2 Å². The Bertz CT molecular complexity index is 866. The Morgan fingerprint density at radius 1 is 0.923 bits per heavy atom. The lowest BCUT2D eigenvalue weighted by molar-refractivity contribution is 0.326. The summed E-state index contributed by atoms with van der Waals surface area (Å²) in [5, 5.41) is 4.25. The molecule has 0 amide bonds. The molecule has 0 spiro atoms. The molecule has 2 fully saturated rings. The molecule has 4 heterocycles. The van der Waals surface area contributed by atoms with E-state index in [1.54, 1.807) is 13.1 Å². The molecule has 0 aliphatic carbocycles. The molecule has 0 N–H and O–H groups in total. The van der Waals surface area contributed by atoms with Crippen LogP contribution >= 0.6 is 0 Å². The topological polar surface area (TPSA) is 86.9 Å². The van der Waals surface area contributed by atoms with Gasteiger partial charge < -0.3 is 4.90 Å². The minimum Gasteiger partial charge on any atom is -0.354 e. The van der Waals surface area contributed by atoms with E-state index in [9.17, 15) is 8.42 Å². The standard InChI is InChI=1S/C16H25N7O2S/c1-14-12-15(23-16(19-14)17-13-18-23)20-8-10-22(11-9-20)26(24,25)21-6-4-2-3-5-7-21/h12-13H,2-11H2,1H3. The Hall–Kier alpha value is -1.78. The van der Waals surface area contributed by atoms with Gasteiger partial charge in [0, 0.05) is 51.0 Å². The van der Waals surface area contributed by atoms with Crippen molar-refractivity contribution in [2.45, 2.75) is 32.6 Å². The van der Waals surface area contributed by atoms with Crippen molar-refractivity contribution < 1.29 is 8.42 Å². The third-order valence-corrected chi connectivity index (χ3v) is 7.18. The number of hydrogen-bond acceptors (Lipinski definition) is 6. The van der Waals surface area contributed by atoms with Crippen LogP contribution in [0.15, 0.2) is 12.4 Å². The maximum Gasteiger partial charge on any atom is 0.282 e. The minimum absolute atomic E-state index is 0.483. The molecule has 0 radical (unpaired) electrons. The lowest BCUT2D eigenvalue weighted by atomic mass is 10.2. The van der Waals surface area contributed by atoms with Crippen molar-refractivity contribution in [3.05, 3.63) is 18.1 Å². The number of anilines is 1. The number of aromatic nitrogens is 4. The van der Waals surface area contributed by atoms with Crippen LogP contribution in [0.5, 0.6) is 0 Å². The maximum atomic E-state index is 13.0. The van der Waals surface area contributed by atoms with Crippen LogP contribution in [0.4, 0.5) is 5.82 Å². The first-order valence-corrected chi connectivity index (χ1v) is 10.6. The fourth-order valence-electron chi connectivity index (χ4n) is 3.72. The quantitative estimate of drug-likeness (QED) is 0.779. The number of rotatable bonds is 3. The molecule has 9 nitrogen and oxygen atoms in total. The van der Waals surface area contributed by atoms with Crippen LogP contribution in [0.2, 0.25) is 0 Å². The highest BCUT2D eigenvalue weighted by Gasteiger charge is 2.33. The Morgan fingerprint density at radius 3 is 2.27 bits per heavy atom. The molecule has 0 bridgehead atoms. The van der Waals surface area contributed by atoms with E-state index in [1.165, 1.54) is 6.33 Å². The Morgan fingerprint density at radius 2 is 1.58 bits per heavy atom. The first-order chi connectivity index (χ1) is 12.6. The molecule has 26 heavy (non-hydrogen) atoms. The zero-order valence-electron chi connectivity index (χ0n) is 15.1. The van der Waals surface area contributed by atoms with Gasteiger partial charge in [0.25, 0.3) is 16.0 Å². The van der Waals surface area contributed by atoms with Crippen LogP contribution in [-0.4, -0.2) is 75.9 Å². The second kappa shape index (κ2) is 7.09. The van der Waals surface area contributed by atoms with E-state index in [2.05, 4.69) is 20.0 Å². The van der Waals surface area contributed by atoms with E-state index < -0.39 is 10.2 Å². The van der Waals surface area contributed by atoms with E-state index in [0.29, 0.717) is 45.0 Å². The SMILES string of the molecule is Cc1cc(N2CCN(S(=O)(=O)N3CCCCCC3)CC2)n2ncnc2n1. The van der Waals surface area contributed by atoms with Crippen molar-refractivity contribution in [1.29, 1.82) is 0 Å². The van der Waals surface area contributed by atoms with Gasteiger partial charge in [-0.05, 0) is 19.8 Å². The van der Waals surface area contributed by atoms with Crippen molar-refractivity contribution in [1.82, 2.24) is 28.2 Å². The fourth-order valence-corrected chi connectivity index (χ4v) is 5.39. The van der Waals surface area contributed by atoms with E-state index in [1.807, 2.05) is 13.0 Å². The van der Waals surface area contributed by atoms with E-state index >= 15 is 0 Å². The van der Waals surface area contributed by atoms with Crippen LogP contribution < -0.4 is 4.90 Å². The van der Waals surface area contributed by atoms with Crippen molar-refractivity contribution in [3.63, 3.8) is 0 Å². The van der Waals surface area contributed by atoms with Gasteiger partial charge in [-0.25, -0.2) is 4.98 Å². The fraction of sp³-hybridized carbons (Fsp3) is 0.688. The summed E-state index contributed by atoms with van der Waals surface area (Å²) in [6, 6.07) is 1.97. The van der Waals surface area contributed by atoms with Crippen molar-refractivity contribution >= 4 is 21.8 Å². The summed E-state index contributed by atoms with van der Waals surface area (Å²) < 4.78 is 30.9. The first kappa shape index (κ1) is 17.6. The van der Waals surface area contributed by atoms with Crippen molar-refractivity contribution in [3.8, 4) is 0 Å². The molecule has 0 atom stereocenters. The summed E-state index contributed by atoms with van der Waals surface area (Å²) in [5.74, 6) is 1.48. The molecular formula is C16H25N7O2S. The van der Waals surface area contributed by atoms with Gasteiger partial charge >= 0.3 is 0 Å². The number of aryl methyl sites for hydroxylation is 1. The highest BCUT2D eigenvalue weighted by atomic mass is 32.2. The molecule has 2 saturated heterocycles. The summed E-state index contributed by atoms with van der Waals surface area (Å²) in [5.41, 5.74) is 0.875. The summed E-state index contributed by atoms with van der Waals surface area (Å²) in [4.78, 5) is 10.7. The molecule has 142 valence electrons. The van der Waals surface area contributed by atoms with Crippen LogP contribution in [0, 0.1) is 6.92 Å². The molecule has 0 aromatic carbocycles. The molecule has 10 heteroatoms. The zero-order valence-corrected chi connectivity index (χ0v) is 15.9. The van der Waals surface area contributed by atoms with Gasteiger partial charge in [0.05, 0.1) is 0 Å². The average molecular weight is 379 g/mol. The number of piperazine rings is 1. The van der Waals surface area contributed by atoms with Gasteiger partial charge in [-0.3, -0.25) is 0 Å². The average Bonchev–Trinajstić information content (AvgIpc) is 2.92. The molecule has 4 rings (SSSR count). The van der Waals surface area contributed by atoms with Gasteiger partial charge in [0.1, 0.15) is 12.1 Å². The summed E-state index contributed by atoms with van der Waals surface area (Å²) >= 11 is 0. The minimum atomic E-state index is -3.36. The maximum absolute atomic E-state index is 13.0. The molecule has 2 aromatic heterocycles. The van der Waals surface area contributed by atoms with E-state index in [0.717, 1.165) is 37.2 Å². The Balaban J connectivity index is 1.49. The lowest BCUT2D eigenvalue weighted by Crippen LogP contribution is -2.53. The van der Waals surface area contributed by atoms with Gasteiger partial charge in [-0.2, -0.15) is 31.6 Å². The highest BCUT2D eigenvalue weighted by molar-refractivity contribution is 7.86. The van der Waals surface area contributed by atoms with Crippen LogP contribution in [-0.2, 0) is 10.2 Å². The molecule has 2 aliphatic heterocycles. The Kier molecular flexibility index (Phi) is 4.80. The molecule has 2 aromatic rings. The van der Waals surface area contributed by atoms with Crippen LogP contribution in [0.1, 0.15) is 31.4 Å². The number of fused-ring (bicyclic) bond motifs is 1. The third kappa shape index (κ3) is 3.28. The third-order valence-electron chi connectivity index (χ3n) is 5.14. The highest BCUT2D eigenvalue weighted by Crippen LogP contribution is 2.21. The molecule has 0 saturated carbocycles. The van der Waals surface area contributed by atoms with Gasteiger partial charge in [0.15, 0.2) is 0 Å². The zero-order chi connectivity index (χ0) is 18.1. The van der Waals surface area contributed by atoms with Gasteiger partial charge in [-0.1, -0.05) is 12.8 Å². The lowest BCUT2D eigenvalue weighted by Gasteiger charge is -2.37. The molecular weight excluding hydrogens is 354 g/mol. The van der Waals surface area contributed by atoms with Gasteiger partial charge in [0.2, 0.25) is 0 Å². The summed E-state index contributed by atoms with van der Waals surface area (Å²) in [6.45, 7) is 5.44. The van der Waals surface area contributed by atoms with Crippen molar-refractivity contribution in [2.24, 2.45) is 0 Å². The predicted octanol–water partition coefficient (Wildman–Crippen LogP) is 0.676. The number of hydrogen-bond donors (Lipinski definition) is 0. The monoisotopic (exact) mass is 379 g/mol. The van der Waals surface area contributed by atoms with Crippen LogP contribution in [0.3, 0.4) is 0 Å². The second-order valence-electron chi connectivity index (χ2n) is 6.93. The van der Waals surface area contributed by atoms with Crippen LogP contribution in [0.25, 0.3) is 5.78 Å². The molecule has 0 unspecified atom stereocenters. The normalized spacial score (nSPS) is 21.2. The summed E-state index contributed by atoms with van der Waals surface area (Å²) in [6.07, 6.45) is 5.65. The predicted molar refractivity (Wildman–Crippen MR) is 98.3 cm³/mol. The summed E-state index contributed by atoms with van der Waals surface area (Å²) in [7, 11) is -3.36. The van der Waals surface area contributed by atoms with Gasteiger partial charge in [-0.15, -0.1) is 0 Å². The van der Waals surface area contributed by atoms with E-state index in [-0.39, 0.29) is 0 Å². The largest absolute Gasteiger partial charge is 0.354 e. The van der Waals surface area contributed by atoms with E-state index in [4.69, 9.17) is 0 Å². The smallest absolute Gasteiger partial charge is 0.282 e. The first-order valence-electron chi connectivity index (χ1n) is 9.23. The second-order valence-corrected chi connectivity index (χ2v) is 8.86. The number of nitrogens with zero attached hydrogens (tertiary/aromatic N) is 7. The Labute approximate surface area is 153 Å². The molecule has 2 aliphatic rings.